The minimum absolute atomic E-state index is 0.406. The maximum absolute atomic E-state index is 3.47. The Morgan fingerprint density at radius 3 is 2.53 bits per heavy atom. The average molecular weight is 233 g/mol. The zero-order chi connectivity index (χ0) is 12.3. The van der Waals surface area contributed by atoms with Gasteiger partial charge in [-0.2, -0.15) is 0 Å². The zero-order valence-corrected chi connectivity index (χ0v) is 11.1. The Morgan fingerprint density at radius 2 is 1.88 bits per heavy atom. The van der Waals surface area contributed by atoms with Crippen molar-refractivity contribution >= 4 is 0 Å². The zero-order valence-electron chi connectivity index (χ0n) is 11.1. The second-order valence-electron chi connectivity index (χ2n) is 4.99. The second kappa shape index (κ2) is 5.63. The first-order valence-electron chi connectivity index (χ1n) is 6.33. The monoisotopic (exact) mass is 233 g/mol. The van der Waals surface area contributed by atoms with Gasteiger partial charge in [-0.25, -0.2) is 0 Å². The van der Waals surface area contributed by atoms with Gasteiger partial charge in [0.05, 0.1) is 0 Å². The molecule has 1 saturated heterocycles. The fourth-order valence-electron chi connectivity index (χ4n) is 2.65. The van der Waals surface area contributed by atoms with Crippen LogP contribution >= 0.6 is 0 Å². The van der Waals surface area contributed by atoms with Crippen molar-refractivity contribution < 1.29 is 0 Å². The number of nitrogens with one attached hydrogen (secondary N) is 1. The van der Waals surface area contributed by atoms with E-state index in [2.05, 4.69) is 66.6 Å². The van der Waals surface area contributed by atoms with E-state index >= 15 is 0 Å². The van der Waals surface area contributed by atoms with E-state index in [1.54, 1.807) is 0 Å². The van der Waals surface area contributed by atoms with Crippen LogP contribution in [0.5, 0.6) is 0 Å². The first-order valence-corrected chi connectivity index (χ1v) is 6.33. The van der Waals surface area contributed by atoms with Crippen LogP contribution in [0.3, 0.4) is 0 Å². The third-order valence-corrected chi connectivity index (χ3v) is 3.75. The lowest BCUT2D eigenvalue weighted by Gasteiger charge is -2.42. The summed E-state index contributed by atoms with van der Waals surface area (Å²) in [5.41, 5.74) is 1.38. The maximum Gasteiger partial charge on any atom is 0.0488 e. The summed E-state index contributed by atoms with van der Waals surface area (Å²) < 4.78 is 0. The molecule has 1 fully saturated rings. The van der Waals surface area contributed by atoms with Gasteiger partial charge in [0.1, 0.15) is 0 Å². The van der Waals surface area contributed by atoms with E-state index < -0.39 is 0 Å². The topological polar surface area (TPSA) is 18.5 Å². The van der Waals surface area contributed by atoms with Crippen LogP contribution in [0.15, 0.2) is 30.3 Å². The predicted molar refractivity (Wildman–Crippen MR) is 72.2 cm³/mol. The molecule has 0 aromatic heterocycles. The summed E-state index contributed by atoms with van der Waals surface area (Å²) in [5.74, 6) is 0. The Hall–Kier alpha value is -0.900. The Labute approximate surface area is 104 Å². The quantitative estimate of drug-likeness (QED) is 0.846. The molecule has 1 N–H and O–H groups in total. The number of hydrogen-bond acceptors (Lipinski definition) is 3. The smallest absolute Gasteiger partial charge is 0.0488 e. The van der Waals surface area contributed by atoms with Gasteiger partial charge in [0, 0.05) is 31.7 Å². The van der Waals surface area contributed by atoms with Crippen molar-refractivity contribution in [2.75, 3.05) is 40.8 Å². The molecule has 0 bridgehead atoms. The van der Waals surface area contributed by atoms with Crippen molar-refractivity contribution in [1.82, 2.24) is 15.1 Å². The molecule has 0 radical (unpaired) electrons. The molecule has 1 aliphatic rings. The van der Waals surface area contributed by atoms with Crippen molar-refractivity contribution in [3.63, 3.8) is 0 Å². The number of rotatable bonds is 3. The molecule has 2 rings (SSSR count). The third kappa shape index (κ3) is 2.86. The SMILES string of the molecule is CNC(c1ccccc1)C1CN(C)CCN1C. The van der Waals surface area contributed by atoms with E-state index in [0.717, 1.165) is 19.6 Å². The first-order chi connectivity index (χ1) is 8.22. The van der Waals surface area contributed by atoms with Gasteiger partial charge in [0.2, 0.25) is 0 Å². The minimum Gasteiger partial charge on any atom is -0.312 e. The van der Waals surface area contributed by atoms with Crippen LogP contribution in [-0.4, -0.2) is 56.6 Å². The average Bonchev–Trinajstić information content (AvgIpc) is 2.36. The van der Waals surface area contributed by atoms with Crippen LogP contribution in [0.1, 0.15) is 11.6 Å². The first kappa shape index (κ1) is 12.6. The van der Waals surface area contributed by atoms with Gasteiger partial charge in [0.25, 0.3) is 0 Å². The molecule has 3 nitrogen and oxygen atoms in total. The van der Waals surface area contributed by atoms with E-state index in [1.807, 2.05) is 0 Å². The molecule has 1 heterocycles. The molecule has 0 saturated carbocycles. The van der Waals surface area contributed by atoms with Gasteiger partial charge >= 0.3 is 0 Å². The summed E-state index contributed by atoms with van der Waals surface area (Å²) in [7, 11) is 6.49. The highest BCUT2D eigenvalue weighted by molar-refractivity contribution is 5.21. The fraction of sp³-hybridized carbons (Fsp3) is 0.571. The highest BCUT2D eigenvalue weighted by Crippen LogP contribution is 2.22. The highest BCUT2D eigenvalue weighted by Gasteiger charge is 2.29. The molecule has 17 heavy (non-hydrogen) atoms. The molecule has 1 aromatic carbocycles. The van der Waals surface area contributed by atoms with Crippen molar-refractivity contribution in [3.8, 4) is 0 Å². The van der Waals surface area contributed by atoms with Crippen molar-refractivity contribution in [2.24, 2.45) is 0 Å². The lowest BCUT2D eigenvalue weighted by Crippen LogP contribution is -2.54. The normalized spacial score (nSPS) is 24.8. The summed E-state index contributed by atoms with van der Waals surface area (Å²) >= 11 is 0. The summed E-state index contributed by atoms with van der Waals surface area (Å²) in [6.45, 7) is 3.43. The summed E-state index contributed by atoms with van der Waals surface area (Å²) in [6.07, 6.45) is 0. The van der Waals surface area contributed by atoms with Crippen LogP contribution < -0.4 is 5.32 Å². The third-order valence-electron chi connectivity index (χ3n) is 3.75. The summed E-state index contributed by atoms with van der Waals surface area (Å²) in [6, 6.07) is 11.7. The molecule has 3 heteroatoms. The number of nitrogens with zero attached hydrogens (tertiary/aromatic N) is 2. The van der Waals surface area contributed by atoms with E-state index in [4.69, 9.17) is 0 Å². The fourth-order valence-corrected chi connectivity index (χ4v) is 2.65. The Balaban J connectivity index is 2.17. The number of piperazine rings is 1. The van der Waals surface area contributed by atoms with E-state index in [0.29, 0.717) is 12.1 Å². The number of likely N-dealkylation sites (N-methyl/N-ethyl adjacent to an activating group) is 3. The van der Waals surface area contributed by atoms with Crippen LogP contribution in [0.25, 0.3) is 0 Å². The van der Waals surface area contributed by atoms with Crippen LogP contribution in [0.4, 0.5) is 0 Å². The summed E-state index contributed by atoms with van der Waals surface area (Å²) in [4.78, 5) is 4.88. The van der Waals surface area contributed by atoms with Gasteiger partial charge in [-0.05, 0) is 26.7 Å². The Bertz CT molecular complexity index is 339. The second-order valence-corrected chi connectivity index (χ2v) is 4.99. The van der Waals surface area contributed by atoms with Gasteiger partial charge in [-0.15, -0.1) is 0 Å². The van der Waals surface area contributed by atoms with Crippen LogP contribution in [-0.2, 0) is 0 Å². The standard InChI is InChI=1S/C14H23N3/c1-15-14(12-7-5-4-6-8-12)13-11-16(2)9-10-17(13)3/h4-8,13-15H,9-11H2,1-3H3. The van der Waals surface area contributed by atoms with Gasteiger partial charge in [0.15, 0.2) is 0 Å². The maximum atomic E-state index is 3.47. The van der Waals surface area contributed by atoms with Crippen molar-refractivity contribution in [3.05, 3.63) is 35.9 Å². The largest absolute Gasteiger partial charge is 0.312 e. The lowest BCUT2D eigenvalue weighted by molar-refractivity contribution is 0.0897. The van der Waals surface area contributed by atoms with E-state index in [9.17, 15) is 0 Å². The molecule has 1 aromatic rings. The molecular weight excluding hydrogens is 210 g/mol. The molecule has 2 atom stereocenters. The molecule has 0 amide bonds. The number of benzene rings is 1. The Morgan fingerprint density at radius 1 is 1.18 bits per heavy atom. The number of hydrogen-bond donors (Lipinski definition) is 1. The van der Waals surface area contributed by atoms with Gasteiger partial charge in [-0.3, -0.25) is 4.90 Å². The molecule has 0 aliphatic carbocycles. The Kier molecular flexibility index (Phi) is 4.15. The molecule has 94 valence electrons. The van der Waals surface area contributed by atoms with E-state index in [-0.39, 0.29) is 0 Å². The molecule has 0 spiro atoms. The minimum atomic E-state index is 0.406. The van der Waals surface area contributed by atoms with Gasteiger partial charge < -0.3 is 10.2 Å². The molecule has 1 aliphatic heterocycles. The van der Waals surface area contributed by atoms with Crippen LogP contribution in [0, 0.1) is 0 Å². The predicted octanol–water partition coefficient (Wildman–Crippen LogP) is 1.19. The molecule has 2 unspecified atom stereocenters. The van der Waals surface area contributed by atoms with Crippen molar-refractivity contribution in [2.45, 2.75) is 12.1 Å². The van der Waals surface area contributed by atoms with E-state index in [1.165, 1.54) is 5.56 Å². The molecular formula is C14H23N3. The van der Waals surface area contributed by atoms with Crippen LogP contribution in [0.2, 0.25) is 0 Å². The van der Waals surface area contributed by atoms with Crippen molar-refractivity contribution in [1.29, 1.82) is 0 Å². The highest BCUT2D eigenvalue weighted by atomic mass is 15.3. The van der Waals surface area contributed by atoms with Gasteiger partial charge in [-0.1, -0.05) is 30.3 Å². The lowest BCUT2D eigenvalue weighted by atomic mass is 9.96. The summed E-state index contributed by atoms with van der Waals surface area (Å²) in [5, 5.41) is 3.47.